The maximum Gasteiger partial charge on any atom is 0.0978 e. The molecule has 1 aliphatic rings. The van der Waals surface area contributed by atoms with Gasteiger partial charge < -0.3 is 0 Å². The van der Waals surface area contributed by atoms with Crippen molar-refractivity contribution in [1.82, 2.24) is 4.72 Å². The molecule has 0 aliphatic heterocycles. The predicted molar refractivity (Wildman–Crippen MR) is 102 cm³/mol. The fourth-order valence-electron chi connectivity index (χ4n) is 2.34. The van der Waals surface area contributed by atoms with Gasteiger partial charge in [-0.1, -0.05) is 11.6 Å². The second kappa shape index (κ2) is 6.76. The number of hydrogen-bond acceptors (Lipinski definition) is 3. The van der Waals surface area contributed by atoms with E-state index in [1.807, 2.05) is 33.8 Å². The lowest BCUT2D eigenvalue weighted by Gasteiger charge is -2.33. The molecular formula is C16H22BrClN2OS2. The fraction of sp³-hybridized carbons (Fsp3) is 0.688. The highest BCUT2D eigenvalue weighted by atomic mass is 79.9. The molecule has 1 fully saturated rings. The van der Waals surface area contributed by atoms with Crippen molar-refractivity contribution in [2.24, 2.45) is 5.41 Å². The zero-order valence-corrected chi connectivity index (χ0v) is 17.8. The maximum absolute atomic E-state index is 12.7. The predicted octanol–water partition coefficient (Wildman–Crippen LogP) is 5.51. The SMILES string of the molecule is CC(C)(C)[S@@](=O)N[C@@](C)(CCC1(C#N)CC1)c1sc(Br)cc1Cl. The van der Waals surface area contributed by atoms with Crippen molar-refractivity contribution < 1.29 is 4.21 Å². The Morgan fingerprint density at radius 2 is 2.09 bits per heavy atom. The van der Waals surface area contributed by atoms with Crippen molar-refractivity contribution >= 4 is 49.9 Å². The summed E-state index contributed by atoms with van der Waals surface area (Å²) in [5.41, 5.74) is -0.703. The maximum atomic E-state index is 12.7. The third-order valence-electron chi connectivity index (χ3n) is 4.23. The normalized spacial score (nSPS) is 20.6. The molecule has 0 radical (unpaired) electrons. The number of rotatable bonds is 6. The minimum atomic E-state index is -1.22. The number of thiophene rings is 1. The number of nitrogens with zero attached hydrogens (tertiary/aromatic N) is 1. The van der Waals surface area contributed by atoms with Gasteiger partial charge in [-0.15, -0.1) is 11.3 Å². The van der Waals surface area contributed by atoms with E-state index >= 15 is 0 Å². The molecule has 0 spiro atoms. The van der Waals surface area contributed by atoms with E-state index in [0.717, 1.165) is 34.3 Å². The van der Waals surface area contributed by atoms with Crippen LogP contribution < -0.4 is 4.72 Å². The largest absolute Gasteiger partial charge is 0.242 e. The average molecular weight is 438 g/mol. The topological polar surface area (TPSA) is 52.9 Å². The summed E-state index contributed by atoms with van der Waals surface area (Å²) in [6.45, 7) is 7.87. The first-order valence-electron chi connectivity index (χ1n) is 7.58. The second-order valence-electron chi connectivity index (χ2n) is 7.43. The minimum absolute atomic E-state index is 0.187. The van der Waals surface area contributed by atoms with Gasteiger partial charge in [0.05, 0.1) is 41.6 Å². The molecule has 1 N–H and O–H groups in total. The first-order chi connectivity index (χ1) is 10.5. The van der Waals surface area contributed by atoms with Crippen LogP contribution in [0.15, 0.2) is 9.85 Å². The van der Waals surface area contributed by atoms with E-state index < -0.39 is 16.5 Å². The second-order valence-corrected chi connectivity index (χ2v) is 12.2. The smallest absolute Gasteiger partial charge is 0.0978 e. The van der Waals surface area contributed by atoms with Crippen LogP contribution in [0.3, 0.4) is 0 Å². The zero-order chi connectivity index (χ0) is 17.5. The summed E-state index contributed by atoms with van der Waals surface area (Å²) in [6.07, 6.45) is 3.45. The molecule has 128 valence electrons. The Kier molecular flexibility index (Phi) is 5.70. The summed E-state index contributed by atoms with van der Waals surface area (Å²) in [4.78, 5) is 0.970. The third-order valence-corrected chi connectivity index (χ3v) is 8.29. The van der Waals surface area contributed by atoms with Crippen LogP contribution in [0.5, 0.6) is 0 Å². The molecule has 1 heterocycles. The van der Waals surface area contributed by atoms with E-state index in [4.69, 9.17) is 11.6 Å². The van der Waals surface area contributed by atoms with E-state index in [1.165, 1.54) is 0 Å². The van der Waals surface area contributed by atoms with Crippen molar-refractivity contribution in [3.8, 4) is 6.07 Å². The fourth-order valence-corrected chi connectivity index (χ4v) is 5.58. The van der Waals surface area contributed by atoms with E-state index in [2.05, 4.69) is 26.7 Å². The standard InChI is InChI=1S/C16H22BrClN2OS2/c1-14(2,3)23(21)20-15(4,5-6-16(10-19)7-8-16)13-11(18)9-12(17)22-13/h9,20H,5-8H2,1-4H3/t15-,23+/m0/s1. The van der Waals surface area contributed by atoms with E-state index in [9.17, 15) is 9.47 Å². The molecule has 1 aromatic rings. The molecule has 1 aliphatic carbocycles. The van der Waals surface area contributed by atoms with Crippen LogP contribution in [0.25, 0.3) is 0 Å². The molecule has 23 heavy (non-hydrogen) atoms. The van der Waals surface area contributed by atoms with Crippen molar-refractivity contribution in [2.75, 3.05) is 0 Å². The lowest BCUT2D eigenvalue weighted by atomic mass is 9.89. The van der Waals surface area contributed by atoms with Crippen LogP contribution in [-0.4, -0.2) is 8.96 Å². The van der Waals surface area contributed by atoms with Crippen molar-refractivity contribution in [1.29, 1.82) is 5.26 Å². The average Bonchev–Trinajstić information content (AvgIpc) is 3.14. The van der Waals surface area contributed by atoms with Gasteiger partial charge in [0.15, 0.2) is 0 Å². The highest BCUT2D eigenvalue weighted by Gasteiger charge is 2.45. The number of halogens is 2. The van der Waals surface area contributed by atoms with Crippen LogP contribution in [0.2, 0.25) is 5.02 Å². The van der Waals surface area contributed by atoms with Crippen LogP contribution >= 0.6 is 38.9 Å². The van der Waals surface area contributed by atoms with Crippen LogP contribution in [0, 0.1) is 16.7 Å². The highest BCUT2D eigenvalue weighted by molar-refractivity contribution is 9.11. The molecule has 3 nitrogen and oxygen atoms in total. The summed E-state index contributed by atoms with van der Waals surface area (Å²) in [6, 6.07) is 4.31. The molecule has 0 amide bonds. The third kappa shape index (κ3) is 4.58. The number of nitriles is 1. The van der Waals surface area contributed by atoms with Gasteiger partial charge >= 0.3 is 0 Å². The Labute approximate surface area is 158 Å². The summed E-state index contributed by atoms with van der Waals surface area (Å²) < 4.78 is 16.5. The first-order valence-corrected chi connectivity index (χ1v) is 10.7. The zero-order valence-electron chi connectivity index (χ0n) is 13.8. The number of hydrogen-bond donors (Lipinski definition) is 1. The van der Waals surface area contributed by atoms with Gasteiger partial charge in [-0.05, 0) is 75.4 Å². The molecule has 0 unspecified atom stereocenters. The van der Waals surface area contributed by atoms with E-state index in [1.54, 1.807) is 11.3 Å². The van der Waals surface area contributed by atoms with Gasteiger partial charge in [-0.3, -0.25) is 0 Å². The van der Waals surface area contributed by atoms with E-state index in [-0.39, 0.29) is 10.2 Å². The van der Waals surface area contributed by atoms with Gasteiger partial charge in [0.2, 0.25) is 0 Å². The Morgan fingerprint density at radius 3 is 2.48 bits per heavy atom. The van der Waals surface area contributed by atoms with Gasteiger partial charge in [0.25, 0.3) is 0 Å². The van der Waals surface area contributed by atoms with Crippen molar-refractivity contribution in [3.05, 3.63) is 19.8 Å². The first kappa shape index (κ1) is 19.4. The van der Waals surface area contributed by atoms with Gasteiger partial charge in [-0.25, -0.2) is 8.93 Å². The van der Waals surface area contributed by atoms with E-state index in [0.29, 0.717) is 5.02 Å². The monoisotopic (exact) mass is 436 g/mol. The summed E-state index contributed by atoms with van der Waals surface area (Å²) in [5.74, 6) is 0. The Hall–Kier alpha value is 0.0700. The Bertz CT molecular complexity index is 658. The number of nitrogens with one attached hydrogen (secondary N) is 1. The summed E-state index contributed by atoms with van der Waals surface area (Å²) in [5, 5.41) is 10.0. The van der Waals surface area contributed by atoms with Crippen molar-refractivity contribution in [3.63, 3.8) is 0 Å². The minimum Gasteiger partial charge on any atom is -0.242 e. The molecule has 0 aromatic carbocycles. The summed E-state index contributed by atoms with van der Waals surface area (Å²) >= 11 is 11.4. The Morgan fingerprint density at radius 1 is 1.48 bits per heavy atom. The van der Waals surface area contributed by atoms with Crippen LogP contribution in [0.4, 0.5) is 0 Å². The molecule has 1 saturated carbocycles. The molecule has 7 heteroatoms. The molecule has 2 rings (SSSR count). The highest BCUT2D eigenvalue weighted by Crippen LogP contribution is 2.51. The van der Waals surface area contributed by atoms with Crippen LogP contribution in [0.1, 0.15) is 58.3 Å². The Balaban J connectivity index is 2.28. The van der Waals surface area contributed by atoms with Gasteiger partial charge in [-0.2, -0.15) is 5.26 Å². The van der Waals surface area contributed by atoms with Crippen LogP contribution in [-0.2, 0) is 16.5 Å². The van der Waals surface area contributed by atoms with Gasteiger partial charge in [0.1, 0.15) is 0 Å². The summed E-state index contributed by atoms with van der Waals surface area (Å²) in [7, 11) is -1.22. The molecule has 0 bridgehead atoms. The molecule has 2 atom stereocenters. The molecule has 1 aromatic heterocycles. The van der Waals surface area contributed by atoms with Crippen molar-refractivity contribution in [2.45, 2.75) is 63.7 Å². The van der Waals surface area contributed by atoms with Gasteiger partial charge in [0, 0.05) is 4.88 Å². The molecule has 0 saturated heterocycles. The molecular weight excluding hydrogens is 416 g/mol. The lowest BCUT2D eigenvalue weighted by molar-refractivity contribution is 0.370. The quantitative estimate of drug-likeness (QED) is 0.637. The lowest BCUT2D eigenvalue weighted by Crippen LogP contribution is -2.46.